The first kappa shape index (κ1) is 44.1. The predicted octanol–water partition coefficient (Wildman–Crippen LogP) is 6.65. The number of amides is 2. The zero-order valence-electron chi connectivity index (χ0n) is 33.2. The van der Waals surface area contributed by atoms with Crippen LogP contribution in [-0.2, 0) is 25.5 Å². The Bertz CT molecular complexity index is 1460. The number of likely N-dealkylation sites (tertiary alicyclic amines) is 1. The van der Waals surface area contributed by atoms with Crippen molar-refractivity contribution in [3.8, 4) is 0 Å². The Morgan fingerprint density at radius 3 is 2.45 bits per heavy atom. The Balaban J connectivity index is 1.81. The van der Waals surface area contributed by atoms with Gasteiger partial charge in [0.15, 0.2) is 5.78 Å². The highest BCUT2D eigenvalue weighted by Crippen LogP contribution is 2.32. The largest absolute Gasteiger partial charge is 0.357 e. The summed E-state index contributed by atoms with van der Waals surface area (Å²) in [6.45, 7) is 17.3. The molecule has 3 rings (SSSR count). The van der Waals surface area contributed by atoms with Gasteiger partial charge in [0.1, 0.15) is 18.2 Å². The summed E-state index contributed by atoms with van der Waals surface area (Å²) >= 11 is 1.43. The molecule has 2 aromatic rings. The van der Waals surface area contributed by atoms with E-state index in [4.69, 9.17) is 15.5 Å². The number of nitrogens with two attached hydrogens (primary N) is 1. The molecular weight excluding hydrogens is 687 g/mol. The van der Waals surface area contributed by atoms with E-state index in [1.54, 1.807) is 11.5 Å². The molecule has 0 spiro atoms. The highest BCUT2D eigenvalue weighted by atomic mass is 32.1. The average Bonchev–Trinajstić information content (AvgIpc) is 3.65. The van der Waals surface area contributed by atoms with E-state index < -0.39 is 5.92 Å². The van der Waals surface area contributed by atoms with Crippen LogP contribution in [0.1, 0.15) is 113 Å². The number of Topliss-reactive ketones (excluding diaryl/α,β-unsaturated/α-hetero) is 2. The summed E-state index contributed by atoms with van der Waals surface area (Å²) in [6.07, 6.45) is 7.29. The maximum Gasteiger partial charge on any atom is 0.270 e. The highest BCUT2D eigenvalue weighted by Gasteiger charge is 2.38. The fourth-order valence-electron chi connectivity index (χ4n) is 7.37. The molecule has 2 amide bonds. The molecule has 294 valence electrons. The second-order valence-corrected chi connectivity index (χ2v) is 16.3. The molecule has 0 saturated carbocycles. The maximum absolute atomic E-state index is 14.6. The fourth-order valence-corrected chi connectivity index (χ4v) is 8.24. The number of ketones is 2. The summed E-state index contributed by atoms with van der Waals surface area (Å²) in [6, 6.07) is 9.28. The summed E-state index contributed by atoms with van der Waals surface area (Å²) in [5.74, 6) is -0.920. The number of rotatable bonds is 23. The van der Waals surface area contributed by atoms with E-state index in [2.05, 4.69) is 51.4 Å². The van der Waals surface area contributed by atoms with Gasteiger partial charge in [0.05, 0.1) is 24.2 Å². The number of hydrogen-bond acceptors (Lipinski definition) is 9. The van der Waals surface area contributed by atoms with Crippen molar-refractivity contribution < 1.29 is 23.9 Å². The predicted molar refractivity (Wildman–Crippen MR) is 214 cm³/mol. The van der Waals surface area contributed by atoms with Crippen LogP contribution in [0, 0.1) is 23.7 Å². The first-order valence-electron chi connectivity index (χ1n) is 19.6. The van der Waals surface area contributed by atoms with Crippen LogP contribution in [0.3, 0.4) is 0 Å². The zero-order valence-corrected chi connectivity index (χ0v) is 34.0. The number of ether oxygens (including phenoxy) is 1. The Morgan fingerprint density at radius 1 is 1.11 bits per heavy atom. The lowest BCUT2D eigenvalue weighted by molar-refractivity contribution is -0.150. The Labute approximate surface area is 322 Å². The lowest BCUT2D eigenvalue weighted by atomic mass is 9.82. The molecule has 1 saturated heterocycles. The normalized spacial score (nSPS) is 18.4. The lowest BCUT2D eigenvalue weighted by Crippen LogP contribution is -2.50. The maximum atomic E-state index is 14.6. The molecule has 11 heteroatoms. The van der Waals surface area contributed by atoms with Crippen molar-refractivity contribution in [1.29, 1.82) is 0 Å². The second kappa shape index (κ2) is 22.2. The SMILES string of the molecule is C=CCOCN(C(=O)[C@@H](CC(=O)[C@H]1CCCCN1C)C(C)CC)[C@H](C[C@@H](C)c1nc(C(=O)N[C@@H](Cc2ccccc2)C[C@H](C)C(=O)CN)cs1)C(C)C. The van der Waals surface area contributed by atoms with Gasteiger partial charge in [-0.2, -0.15) is 0 Å². The molecule has 0 aliphatic carbocycles. The average molecular weight is 752 g/mol. The summed E-state index contributed by atoms with van der Waals surface area (Å²) in [7, 11) is 2.01. The molecule has 7 atom stereocenters. The monoisotopic (exact) mass is 751 g/mol. The summed E-state index contributed by atoms with van der Waals surface area (Å²) in [4.78, 5) is 63.0. The Kier molecular flexibility index (Phi) is 18.5. The molecule has 3 N–H and O–H groups in total. The quantitative estimate of drug-likeness (QED) is 0.0733. The van der Waals surface area contributed by atoms with Crippen molar-refractivity contribution in [2.24, 2.45) is 29.4 Å². The second-order valence-electron chi connectivity index (χ2n) is 15.4. The van der Waals surface area contributed by atoms with Crippen molar-refractivity contribution in [2.45, 2.75) is 117 Å². The molecule has 0 bridgehead atoms. The standard InChI is InChI=1S/C42H65N5O5S/c1-9-20-52-27-47(42(51)34(29(5)10-2)24-38(48)36-18-14-15-19-46(36)8)37(28(3)4)22-31(7)41-45-35(26-53-41)40(50)44-33(21-30(6)39(49)25-43)23-32-16-12-11-13-17-32/h9,11-13,16-17,26,28-31,33-34,36-37H,1,10,14-15,18-25,27,43H2,2-8H3,(H,44,50)/t29?,30-,31+,33+,34-,36+,37+/m0/s1. The molecular formula is C42H65N5O5S. The van der Waals surface area contributed by atoms with Crippen molar-refractivity contribution in [1.82, 2.24) is 20.1 Å². The van der Waals surface area contributed by atoms with Crippen molar-refractivity contribution in [2.75, 3.05) is 33.5 Å². The molecule has 0 radical (unpaired) electrons. The van der Waals surface area contributed by atoms with Gasteiger partial charge in [-0.3, -0.25) is 24.1 Å². The molecule has 53 heavy (non-hydrogen) atoms. The van der Waals surface area contributed by atoms with E-state index >= 15 is 0 Å². The number of aromatic nitrogens is 1. The number of carbonyl (C=O) groups excluding carboxylic acids is 4. The Morgan fingerprint density at radius 2 is 1.83 bits per heavy atom. The van der Waals surface area contributed by atoms with Gasteiger partial charge in [-0.05, 0) is 63.1 Å². The van der Waals surface area contributed by atoms with Gasteiger partial charge in [0.25, 0.3) is 5.91 Å². The molecule has 1 fully saturated rings. The number of carbonyl (C=O) groups is 4. The molecule has 1 aromatic heterocycles. The first-order valence-corrected chi connectivity index (χ1v) is 20.4. The van der Waals surface area contributed by atoms with Crippen LogP contribution in [-0.4, -0.2) is 89.8 Å². The van der Waals surface area contributed by atoms with Crippen LogP contribution < -0.4 is 11.1 Å². The van der Waals surface area contributed by atoms with Crippen molar-refractivity contribution >= 4 is 34.7 Å². The molecule has 1 aliphatic heterocycles. The van der Waals surface area contributed by atoms with Gasteiger partial charge >= 0.3 is 0 Å². The van der Waals surface area contributed by atoms with Crippen LogP contribution >= 0.6 is 11.3 Å². The zero-order chi connectivity index (χ0) is 39.1. The number of nitrogens with one attached hydrogen (secondary N) is 1. The number of hydrogen-bond donors (Lipinski definition) is 2. The van der Waals surface area contributed by atoms with Crippen LogP contribution in [0.2, 0.25) is 0 Å². The van der Waals surface area contributed by atoms with E-state index in [-0.39, 0.29) is 84.9 Å². The summed E-state index contributed by atoms with van der Waals surface area (Å²) < 4.78 is 5.95. The first-order chi connectivity index (χ1) is 25.3. The summed E-state index contributed by atoms with van der Waals surface area (Å²) in [5, 5.41) is 5.73. The van der Waals surface area contributed by atoms with E-state index in [1.807, 2.05) is 49.2 Å². The van der Waals surface area contributed by atoms with E-state index in [9.17, 15) is 19.2 Å². The van der Waals surface area contributed by atoms with Crippen LogP contribution in [0.5, 0.6) is 0 Å². The number of likely N-dealkylation sites (N-methyl/N-ethyl adjacent to an activating group) is 1. The van der Waals surface area contributed by atoms with Crippen molar-refractivity contribution in [3.63, 3.8) is 0 Å². The van der Waals surface area contributed by atoms with Gasteiger partial charge in [-0.1, -0.05) is 90.8 Å². The van der Waals surface area contributed by atoms with Gasteiger partial charge in [-0.25, -0.2) is 4.98 Å². The summed E-state index contributed by atoms with van der Waals surface area (Å²) in [5.41, 5.74) is 7.03. The third-order valence-corrected chi connectivity index (χ3v) is 12.0. The molecule has 1 unspecified atom stereocenters. The van der Waals surface area contributed by atoms with E-state index in [1.165, 1.54) is 11.3 Å². The Hall–Kier alpha value is -3.25. The molecule has 10 nitrogen and oxygen atoms in total. The number of thiazole rings is 1. The lowest BCUT2D eigenvalue weighted by Gasteiger charge is -2.39. The smallest absolute Gasteiger partial charge is 0.270 e. The van der Waals surface area contributed by atoms with Gasteiger partial charge in [0, 0.05) is 41.6 Å². The minimum Gasteiger partial charge on any atom is -0.357 e. The number of nitrogens with zero attached hydrogens (tertiary/aromatic N) is 3. The minimum absolute atomic E-state index is 0.0228. The van der Waals surface area contributed by atoms with Gasteiger partial charge in [-0.15, -0.1) is 17.9 Å². The fraction of sp³-hybridized carbons (Fsp3) is 0.643. The van der Waals surface area contributed by atoms with Gasteiger partial charge < -0.3 is 20.7 Å². The van der Waals surface area contributed by atoms with E-state index in [0.717, 1.165) is 42.8 Å². The van der Waals surface area contributed by atoms with Crippen LogP contribution in [0.25, 0.3) is 0 Å². The minimum atomic E-state index is -0.450. The van der Waals surface area contributed by atoms with Crippen LogP contribution in [0.4, 0.5) is 0 Å². The molecule has 1 aliphatic rings. The van der Waals surface area contributed by atoms with Crippen molar-refractivity contribution in [3.05, 3.63) is 64.6 Å². The third kappa shape index (κ3) is 13.2. The molecule has 2 heterocycles. The third-order valence-electron chi connectivity index (χ3n) is 11.0. The number of benzene rings is 1. The highest BCUT2D eigenvalue weighted by molar-refractivity contribution is 7.09. The van der Waals surface area contributed by atoms with Gasteiger partial charge in [0.2, 0.25) is 5.91 Å². The topological polar surface area (TPSA) is 135 Å². The number of piperidine rings is 1. The van der Waals surface area contributed by atoms with E-state index in [0.29, 0.717) is 31.6 Å². The molecule has 1 aromatic carbocycles. The van der Waals surface area contributed by atoms with Crippen LogP contribution in [0.15, 0.2) is 48.4 Å².